The monoisotopic (exact) mass is 209 g/mol. The number of nitrogens with one attached hydrogen (secondary N) is 2. The molecule has 0 atom stereocenters. The average Bonchev–Trinajstić information content (AvgIpc) is 2.49. The quantitative estimate of drug-likeness (QED) is 0.721. The first-order chi connectivity index (χ1) is 7.00. The number of carbonyl (C=O) groups excluding carboxylic acids is 1. The smallest absolute Gasteiger partial charge is 0.271 e. The standard InChI is InChI=1S/C11H19N3O/c1-7(2)13-9-5-6-12-10(9)11(15)14-8(3)4/h5,7-8,13H,6H2,1-4H3,(H,14,15). The molecule has 0 radical (unpaired) electrons. The Balaban J connectivity index is 2.62. The summed E-state index contributed by atoms with van der Waals surface area (Å²) in [5, 5.41) is 6.05. The molecule has 0 unspecified atom stereocenters. The van der Waals surface area contributed by atoms with Crippen molar-refractivity contribution < 1.29 is 4.79 Å². The Morgan fingerprint density at radius 3 is 2.53 bits per heavy atom. The minimum Gasteiger partial charge on any atom is -0.381 e. The lowest BCUT2D eigenvalue weighted by Gasteiger charge is -2.14. The van der Waals surface area contributed by atoms with Crippen molar-refractivity contribution in [1.82, 2.24) is 10.6 Å². The molecular formula is C11H19N3O. The number of aliphatic imine (C=N–C) groups is 1. The number of rotatable bonds is 4. The predicted molar refractivity (Wildman–Crippen MR) is 61.9 cm³/mol. The van der Waals surface area contributed by atoms with E-state index in [-0.39, 0.29) is 11.9 Å². The molecule has 0 saturated heterocycles. The van der Waals surface area contributed by atoms with Crippen LogP contribution in [0, 0.1) is 0 Å². The topological polar surface area (TPSA) is 53.5 Å². The molecule has 1 rings (SSSR count). The van der Waals surface area contributed by atoms with E-state index in [0.29, 0.717) is 18.3 Å². The van der Waals surface area contributed by atoms with Gasteiger partial charge in [0.05, 0.1) is 12.2 Å². The first-order valence-electron chi connectivity index (χ1n) is 5.33. The van der Waals surface area contributed by atoms with Crippen LogP contribution < -0.4 is 10.6 Å². The largest absolute Gasteiger partial charge is 0.381 e. The predicted octanol–water partition coefficient (Wildman–Crippen LogP) is 0.847. The number of hydrogen-bond donors (Lipinski definition) is 2. The first-order valence-corrected chi connectivity index (χ1v) is 5.33. The van der Waals surface area contributed by atoms with Crippen LogP contribution in [0.25, 0.3) is 0 Å². The van der Waals surface area contributed by atoms with Crippen molar-refractivity contribution in [1.29, 1.82) is 0 Å². The molecule has 15 heavy (non-hydrogen) atoms. The molecule has 4 nitrogen and oxygen atoms in total. The third kappa shape index (κ3) is 3.38. The Morgan fingerprint density at radius 1 is 1.33 bits per heavy atom. The highest BCUT2D eigenvalue weighted by Crippen LogP contribution is 2.05. The van der Waals surface area contributed by atoms with Crippen LogP contribution in [0.5, 0.6) is 0 Å². The van der Waals surface area contributed by atoms with Gasteiger partial charge >= 0.3 is 0 Å². The number of amides is 1. The van der Waals surface area contributed by atoms with Gasteiger partial charge in [-0.15, -0.1) is 0 Å². The normalized spacial score (nSPS) is 15.3. The van der Waals surface area contributed by atoms with Crippen LogP contribution in [0.4, 0.5) is 0 Å². The fourth-order valence-corrected chi connectivity index (χ4v) is 1.37. The van der Waals surface area contributed by atoms with Crippen LogP contribution in [0.15, 0.2) is 16.8 Å². The van der Waals surface area contributed by atoms with Gasteiger partial charge in [0.15, 0.2) is 0 Å². The zero-order valence-electron chi connectivity index (χ0n) is 9.79. The Bertz CT molecular complexity index is 303. The molecule has 2 N–H and O–H groups in total. The van der Waals surface area contributed by atoms with E-state index in [4.69, 9.17) is 0 Å². The van der Waals surface area contributed by atoms with Crippen LogP contribution in [0.1, 0.15) is 27.7 Å². The zero-order chi connectivity index (χ0) is 11.4. The molecule has 0 bridgehead atoms. The van der Waals surface area contributed by atoms with Crippen LogP contribution in [-0.2, 0) is 4.79 Å². The van der Waals surface area contributed by atoms with Gasteiger partial charge in [0.25, 0.3) is 5.91 Å². The summed E-state index contributed by atoms with van der Waals surface area (Å²) in [6.07, 6.45) is 1.94. The van der Waals surface area contributed by atoms with Crippen molar-refractivity contribution in [2.75, 3.05) is 6.54 Å². The molecule has 0 aromatic rings. The summed E-state index contributed by atoms with van der Waals surface area (Å²) in [6, 6.07) is 0.451. The fraction of sp³-hybridized carbons (Fsp3) is 0.636. The molecule has 0 saturated carbocycles. The van der Waals surface area contributed by atoms with Gasteiger partial charge in [0.2, 0.25) is 0 Å². The fourth-order valence-electron chi connectivity index (χ4n) is 1.37. The van der Waals surface area contributed by atoms with E-state index in [1.165, 1.54) is 0 Å². The molecule has 1 aliphatic heterocycles. The van der Waals surface area contributed by atoms with Gasteiger partial charge in [-0.1, -0.05) is 0 Å². The van der Waals surface area contributed by atoms with Crippen LogP contribution in [0.2, 0.25) is 0 Å². The Hall–Kier alpha value is -1.32. The molecule has 0 spiro atoms. The van der Waals surface area contributed by atoms with Gasteiger partial charge in [-0.05, 0) is 33.8 Å². The van der Waals surface area contributed by atoms with Gasteiger partial charge in [-0.2, -0.15) is 0 Å². The maximum atomic E-state index is 11.7. The zero-order valence-corrected chi connectivity index (χ0v) is 9.79. The summed E-state index contributed by atoms with van der Waals surface area (Å²) in [4.78, 5) is 15.9. The van der Waals surface area contributed by atoms with E-state index < -0.39 is 0 Å². The number of hydrogen-bond acceptors (Lipinski definition) is 3. The lowest BCUT2D eigenvalue weighted by atomic mass is 10.2. The van der Waals surface area contributed by atoms with Gasteiger partial charge in [0, 0.05) is 12.1 Å². The second kappa shape index (κ2) is 4.96. The van der Waals surface area contributed by atoms with Crippen molar-refractivity contribution in [2.24, 2.45) is 4.99 Å². The van der Waals surface area contributed by atoms with Crippen LogP contribution in [0.3, 0.4) is 0 Å². The molecule has 0 aliphatic carbocycles. The van der Waals surface area contributed by atoms with Crippen molar-refractivity contribution in [3.05, 3.63) is 11.8 Å². The van der Waals surface area contributed by atoms with Crippen LogP contribution >= 0.6 is 0 Å². The summed E-state index contributed by atoms with van der Waals surface area (Å²) >= 11 is 0. The molecule has 84 valence electrons. The van der Waals surface area contributed by atoms with E-state index >= 15 is 0 Å². The Labute approximate surface area is 90.8 Å². The first kappa shape index (κ1) is 11.8. The summed E-state index contributed by atoms with van der Waals surface area (Å²) in [7, 11) is 0. The lowest BCUT2D eigenvalue weighted by Crippen LogP contribution is -2.39. The molecular weight excluding hydrogens is 190 g/mol. The third-order valence-electron chi connectivity index (χ3n) is 1.88. The third-order valence-corrected chi connectivity index (χ3v) is 1.88. The molecule has 1 amide bonds. The van der Waals surface area contributed by atoms with Crippen LogP contribution in [-0.4, -0.2) is 30.2 Å². The van der Waals surface area contributed by atoms with E-state index in [1.807, 2.05) is 33.8 Å². The van der Waals surface area contributed by atoms with Crippen molar-refractivity contribution in [3.63, 3.8) is 0 Å². The van der Waals surface area contributed by atoms with E-state index in [1.54, 1.807) is 0 Å². The van der Waals surface area contributed by atoms with E-state index in [0.717, 1.165) is 5.70 Å². The highest BCUT2D eigenvalue weighted by Gasteiger charge is 2.20. The highest BCUT2D eigenvalue weighted by atomic mass is 16.2. The number of carbonyl (C=O) groups is 1. The van der Waals surface area contributed by atoms with E-state index in [9.17, 15) is 4.79 Å². The van der Waals surface area contributed by atoms with Gasteiger partial charge in [-0.25, -0.2) is 0 Å². The number of nitrogens with zero attached hydrogens (tertiary/aromatic N) is 1. The maximum Gasteiger partial charge on any atom is 0.271 e. The van der Waals surface area contributed by atoms with Gasteiger partial charge < -0.3 is 10.6 Å². The van der Waals surface area contributed by atoms with Gasteiger partial charge in [-0.3, -0.25) is 9.79 Å². The summed E-state index contributed by atoms with van der Waals surface area (Å²) < 4.78 is 0. The highest BCUT2D eigenvalue weighted by molar-refractivity contribution is 6.45. The maximum absolute atomic E-state index is 11.7. The van der Waals surface area contributed by atoms with Crippen molar-refractivity contribution in [3.8, 4) is 0 Å². The molecule has 0 aromatic carbocycles. The Morgan fingerprint density at radius 2 is 2.00 bits per heavy atom. The second-order valence-electron chi connectivity index (χ2n) is 4.23. The van der Waals surface area contributed by atoms with E-state index in [2.05, 4.69) is 15.6 Å². The Kier molecular flexibility index (Phi) is 3.88. The average molecular weight is 209 g/mol. The molecule has 0 aromatic heterocycles. The minimum absolute atomic E-state index is 0.0955. The lowest BCUT2D eigenvalue weighted by molar-refractivity contribution is -0.115. The molecule has 4 heteroatoms. The molecule has 1 aliphatic rings. The summed E-state index contributed by atoms with van der Waals surface area (Å²) in [5.74, 6) is -0.0955. The second-order valence-corrected chi connectivity index (χ2v) is 4.23. The minimum atomic E-state index is -0.0955. The van der Waals surface area contributed by atoms with Crippen molar-refractivity contribution in [2.45, 2.75) is 39.8 Å². The SMILES string of the molecule is CC(C)NC(=O)C1=NCC=C1NC(C)C. The van der Waals surface area contributed by atoms with Gasteiger partial charge in [0.1, 0.15) is 5.71 Å². The molecule has 1 heterocycles. The van der Waals surface area contributed by atoms with Crippen molar-refractivity contribution >= 4 is 11.6 Å². The summed E-state index contributed by atoms with van der Waals surface area (Å²) in [5.41, 5.74) is 1.38. The molecule has 0 fully saturated rings. The summed E-state index contributed by atoms with van der Waals surface area (Å²) in [6.45, 7) is 8.55.